The van der Waals surface area contributed by atoms with Crippen LogP contribution in [0.4, 0.5) is 5.69 Å². The highest BCUT2D eigenvalue weighted by Gasteiger charge is 2.54. The van der Waals surface area contributed by atoms with Crippen molar-refractivity contribution in [2.45, 2.75) is 25.7 Å². The molecule has 1 fully saturated rings. The molecule has 6 heteroatoms. The van der Waals surface area contributed by atoms with Gasteiger partial charge in [-0.3, -0.25) is 9.69 Å². The molecule has 1 aliphatic rings. The first-order valence-corrected chi connectivity index (χ1v) is 8.45. The Labute approximate surface area is 152 Å². The number of carbonyl (C=O) groups is 2. The van der Waals surface area contributed by atoms with E-state index in [2.05, 4.69) is 0 Å². The van der Waals surface area contributed by atoms with Crippen molar-refractivity contribution >= 4 is 17.6 Å². The molecule has 136 valence electrons. The molecule has 2 aromatic rings. The lowest BCUT2D eigenvalue weighted by atomic mass is 9.96. The van der Waals surface area contributed by atoms with E-state index < -0.39 is 18.1 Å². The number of hydrogen-bond acceptors (Lipinski definition) is 5. The molecular formula is C20H21NO5. The molecule has 2 atom stereocenters. The molecule has 0 saturated carbocycles. The van der Waals surface area contributed by atoms with E-state index >= 15 is 0 Å². The van der Waals surface area contributed by atoms with Crippen molar-refractivity contribution in [1.29, 1.82) is 0 Å². The van der Waals surface area contributed by atoms with Crippen LogP contribution in [0.15, 0.2) is 54.6 Å². The van der Waals surface area contributed by atoms with Crippen molar-refractivity contribution < 1.29 is 23.8 Å². The Morgan fingerprint density at radius 1 is 1.08 bits per heavy atom. The summed E-state index contributed by atoms with van der Waals surface area (Å²) in [5, 5.41) is 0. The van der Waals surface area contributed by atoms with Crippen LogP contribution in [0.2, 0.25) is 0 Å². The van der Waals surface area contributed by atoms with Crippen molar-refractivity contribution in [3.8, 4) is 5.75 Å². The van der Waals surface area contributed by atoms with E-state index in [1.54, 1.807) is 38.3 Å². The molecular weight excluding hydrogens is 334 g/mol. The molecule has 3 rings (SSSR count). The Morgan fingerprint density at radius 2 is 1.77 bits per heavy atom. The van der Waals surface area contributed by atoms with Crippen LogP contribution in [0, 0.1) is 0 Å². The quantitative estimate of drug-likeness (QED) is 0.564. The molecule has 1 saturated heterocycles. The molecule has 0 aromatic heterocycles. The van der Waals surface area contributed by atoms with Gasteiger partial charge in [0.15, 0.2) is 12.1 Å². The molecule has 6 nitrogen and oxygen atoms in total. The second-order valence-electron chi connectivity index (χ2n) is 5.82. The van der Waals surface area contributed by atoms with Crippen LogP contribution >= 0.6 is 0 Å². The molecule has 1 aliphatic heterocycles. The van der Waals surface area contributed by atoms with Gasteiger partial charge in [0.05, 0.1) is 20.3 Å². The van der Waals surface area contributed by atoms with E-state index in [1.165, 1.54) is 4.90 Å². The lowest BCUT2D eigenvalue weighted by molar-refractivity contribution is -0.162. The van der Waals surface area contributed by atoms with Crippen molar-refractivity contribution in [3.05, 3.63) is 60.2 Å². The van der Waals surface area contributed by atoms with Gasteiger partial charge in [-0.25, -0.2) is 4.79 Å². The summed E-state index contributed by atoms with van der Waals surface area (Å²) in [6.07, 6.45) is -0.851. The number of β-lactam (4-membered cyclic amide) rings is 1. The number of benzene rings is 2. The zero-order valence-corrected chi connectivity index (χ0v) is 14.8. The molecule has 26 heavy (non-hydrogen) atoms. The SMILES string of the molecule is CCOC(=O)C1[C@@H](OCc2ccccc2)C(=O)N1c1ccc(OC)cc1. The fourth-order valence-electron chi connectivity index (χ4n) is 2.87. The minimum absolute atomic E-state index is 0.241. The topological polar surface area (TPSA) is 65.1 Å². The van der Waals surface area contributed by atoms with Gasteiger partial charge in [-0.15, -0.1) is 0 Å². The van der Waals surface area contributed by atoms with Gasteiger partial charge in [0, 0.05) is 5.69 Å². The van der Waals surface area contributed by atoms with Gasteiger partial charge in [0.2, 0.25) is 0 Å². The van der Waals surface area contributed by atoms with Crippen LogP contribution in [-0.4, -0.2) is 37.7 Å². The van der Waals surface area contributed by atoms with E-state index in [9.17, 15) is 9.59 Å². The Bertz CT molecular complexity index is 760. The summed E-state index contributed by atoms with van der Waals surface area (Å²) >= 11 is 0. The highest BCUT2D eigenvalue weighted by Crippen LogP contribution is 2.32. The number of nitrogens with zero attached hydrogens (tertiary/aromatic N) is 1. The molecule has 0 N–H and O–H groups in total. The predicted octanol–water partition coefficient (Wildman–Crippen LogP) is 2.56. The number of ether oxygens (including phenoxy) is 3. The van der Waals surface area contributed by atoms with E-state index in [-0.39, 0.29) is 19.1 Å². The summed E-state index contributed by atoms with van der Waals surface area (Å²) in [6.45, 7) is 2.23. The van der Waals surface area contributed by atoms with Crippen LogP contribution in [0.1, 0.15) is 12.5 Å². The van der Waals surface area contributed by atoms with Gasteiger partial charge in [-0.2, -0.15) is 0 Å². The molecule has 0 aliphatic carbocycles. The highest BCUT2D eigenvalue weighted by atomic mass is 16.5. The Balaban J connectivity index is 1.76. The van der Waals surface area contributed by atoms with Gasteiger partial charge in [-0.05, 0) is 36.8 Å². The van der Waals surface area contributed by atoms with Crippen LogP contribution in [0.25, 0.3) is 0 Å². The maximum atomic E-state index is 12.6. The van der Waals surface area contributed by atoms with Gasteiger partial charge in [-0.1, -0.05) is 30.3 Å². The smallest absolute Gasteiger partial charge is 0.332 e. The Morgan fingerprint density at radius 3 is 2.38 bits per heavy atom. The van der Waals surface area contributed by atoms with Gasteiger partial charge in [0.1, 0.15) is 5.75 Å². The fraction of sp³-hybridized carbons (Fsp3) is 0.300. The molecule has 2 aromatic carbocycles. The first-order chi connectivity index (χ1) is 12.7. The van der Waals surface area contributed by atoms with Gasteiger partial charge >= 0.3 is 5.97 Å². The molecule has 1 amide bonds. The standard InChI is InChI=1S/C20H21NO5/c1-3-25-20(23)17-18(26-13-14-7-5-4-6-8-14)19(22)21(17)15-9-11-16(24-2)12-10-15/h4-12,17-18H,3,13H2,1-2H3/t17?,18-/m1/s1. The van der Waals surface area contributed by atoms with E-state index in [1.807, 2.05) is 30.3 Å². The number of amides is 1. The normalized spacial score (nSPS) is 19.0. The number of anilines is 1. The van der Waals surface area contributed by atoms with Crippen LogP contribution < -0.4 is 9.64 Å². The number of carbonyl (C=O) groups excluding carboxylic acids is 2. The number of hydrogen-bond donors (Lipinski definition) is 0. The summed E-state index contributed by atoms with van der Waals surface area (Å²) in [5.74, 6) is -0.0589. The van der Waals surface area contributed by atoms with Crippen LogP contribution in [0.3, 0.4) is 0 Å². The third-order valence-corrected chi connectivity index (χ3v) is 4.20. The van der Waals surface area contributed by atoms with Crippen LogP contribution in [0.5, 0.6) is 5.75 Å². The molecule has 1 unspecified atom stereocenters. The summed E-state index contributed by atoms with van der Waals surface area (Å²) in [5.41, 5.74) is 1.54. The summed E-state index contributed by atoms with van der Waals surface area (Å²) in [6, 6.07) is 15.7. The third-order valence-electron chi connectivity index (χ3n) is 4.20. The van der Waals surface area contributed by atoms with E-state index in [0.29, 0.717) is 11.4 Å². The molecule has 0 radical (unpaired) electrons. The summed E-state index contributed by atoms with van der Waals surface area (Å²) < 4.78 is 16.0. The van der Waals surface area contributed by atoms with Crippen molar-refractivity contribution in [2.75, 3.05) is 18.6 Å². The first-order valence-electron chi connectivity index (χ1n) is 8.45. The first kappa shape index (κ1) is 17.9. The van der Waals surface area contributed by atoms with E-state index in [4.69, 9.17) is 14.2 Å². The maximum absolute atomic E-state index is 12.6. The zero-order valence-electron chi connectivity index (χ0n) is 14.8. The molecule has 0 spiro atoms. The highest BCUT2D eigenvalue weighted by molar-refractivity contribution is 6.12. The van der Waals surface area contributed by atoms with Gasteiger partial charge in [0.25, 0.3) is 5.91 Å². The van der Waals surface area contributed by atoms with Gasteiger partial charge < -0.3 is 14.2 Å². The van der Waals surface area contributed by atoms with Crippen molar-refractivity contribution in [2.24, 2.45) is 0 Å². The van der Waals surface area contributed by atoms with Crippen molar-refractivity contribution in [1.82, 2.24) is 0 Å². The molecule has 0 bridgehead atoms. The second kappa shape index (κ2) is 8.01. The second-order valence-corrected chi connectivity index (χ2v) is 5.82. The minimum Gasteiger partial charge on any atom is -0.497 e. The predicted molar refractivity (Wildman–Crippen MR) is 95.9 cm³/mol. The monoisotopic (exact) mass is 355 g/mol. The zero-order chi connectivity index (χ0) is 18.5. The minimum atomic E-state index is -0.851. The lowest BCUT2D eigenvalue weighted by Gasteiger charge is -2.44. The third kappa shape index (κ3) is 3.55. The fourth-order valence-corrected chi connectivity index (χ4v) is 2.87. The number of rotatable bonds is 7. The van der Waals surface area contributed by atoms with Crippen molar-refractivity contribution in [3.63, 3.8) is 0 Å². The van der Waals surface area contributed by atoms with Crippen LogP contribution in [-0.2, 0) is 25.7 Å². The van der Waals surface area contributed by atoms with E-state index in [0.717, 1.165) is 5.56 Å². The maximum Gasteiger partial charge on any atom is 0.332 e. The lowest BCUT2D eigenvalue weighted by Crippen LogP contribution is -2.69. The largest absolute Gasteiger partial charge is 0.497 e. The molecule has 1 heterocycles. The summed E-state index contributed by atoms with van der Waals surface area (Å²) in [7, 11) is 1.57. The summed E-state index contributed by atoms with van der Waals surface area (Å²) in [4.78, 5) is 26.4. The Kier molecular flexibility index (Phi) is 5.53. The average molecular weight is 355 g/mol. The number of methoxy groups -OCH3 is 1. The number of esters is 1. The average Bonchev–Trinajstić information content (AvgIpc) is 2.67. The Hall–Kier alpha value is -2.86.